The first-order valence-electron chi connectivity index (χ1n) is 9.93. The van der Waals surface area contributed by atoms with E-state index >= 15 is 4.39 Å². The standard InChI is InChI=1S/C25H22FNO2/c1-29-24(28)23-22(26)15-16-27(23)25(17-9-3-2-4-10-17)20-13-7-5-11-18(20)19-12-6-8-14-21(19)25/h2-14,22-23H,15-16H2,1H3/t22-,23+/m1/s1. The zero-order chi connectivity index (χ0) is 20.0. The quantitative estimate of drug-likeness (QED) is 0.618. The van der Waals surface area contributed by atoms with Crippen LogP contribution in [0.2, 0.25) is 0 Å². The summed E-state index contributed by atoms with van der Waals surface area (Å²) < 4.78 is 20.1. The van der Waals surface area contributed by atoms with Crippen LogP contribution in [-0.4, -0.2) is 36.7 Å². The van der Waals surface area contributed by atoms with Crippen LogP contribution < -0.4 is 0 Å². The van der Waals surface area contributed by atoms with Crippen molar-refractivity contribution in [2.45, 2.75) is 24.2 Å². The second-order valence-electron chi connectivity index (χ2n) is 7.63. The number of benzene rings is 3. The second kappa shape index (κ2) is 6.82. The Morgan fingerprint density at radius 3 is 2.07 bits per heavy atom. The third-order valence-electron chi connectivity index (χ3n) is 6.31. The van der Waals surface area contributed by atoms with Crippen molar-refractivity contribution in [3.05, 3.63) is 95.6 Å². The Kier molecular flexibility index (Phi) is 4.25. The topological polar surface area (TPSA) is 29.5 Å². The Hall–Kier alpha value is -2.98. The van der Waals surface area contributed by atoms with Crippen LogP contribution in [0.5, 0.6) is 0 Å². The zero-order valence-corrected chi connectivity index (χ0v) is 16.2. The van der Waals surface area contributed by atoms with Crippen molar-refractivity contribution in [1.29, 1.82) is 0 Å². The predicted octanol–water partition coefficient (Wildman–Crippen LogP) is 4.54. The minimum Gasteiger partial charge on any atom is -0.468 e. The van der Waals surface area contributed by atoms with E-state index in [0.29, 0.717) is 13.0 Å². The first-order valence-corrected chi connectivity index (χ1v) is 9.93. The van der Waals surface area contributed by atoms with E-state index in [-0.39, 0.29) is 0 Å². The second-order valence-corrected chi connectivity index (χ2v) is 7.63. The van der Waals surface area contributed by atoms with Crippen molar-refractivity contribution in [2.24, 2.45) is 0 Å². The third-order valence-corrected chi connectivity index (χ3v) is 6.31. The molecule has 1 aliphatic carbocycles. The molecule has 0 N–H and O–H groups in total. The maximum Gasteiger partial charge on any atom is 0.326 e. The molecule has 5 rings (SSSR count). The molecule has 3 nitrogen and oxygen atoms in total. The summed E-state index contributed by atoms with van der Waals surface area (Å²) in [6.45, 7) is 0.471. The first-order chi connectivity index (χ1) is 14.2. The highest BCUT2D eigenvalue weighted by Gasteiger charge is 2.56. The summed E-state index contributed by atoms with van der Waals surface area (Å²) in [7, 11) is 1.33. The molecule has 0 radical (unpaired) electrons. The number of carbonyl (C=O) groups is 1. The molecule has 2 aliphatic rings. The van der Waals surface area contributed by atoms with Gasteiger partial charge in [-0.05, 0) is 34.2 Å². The highest BCUT2D eigenvalue weighted by atomic mass is 19.1. The van der Waals surface area contributed by atoms with E-state index in [4.69, 9.17) is 4.74 Å². The minimum atomic E-state index is -1.26. The van der Waals surface area contributed by atoms with E-state index in [1.165, 1.54) is 7.11 Å². The normalized spacial score (nSPS) is 22.1. The monoisotopic (exact) mass is 387 g/mol. The fourth-order valence-corrected chi connectivity index (χ4v) is 5.20. The summed E-state index contributed by atoms with van der Waals surface area (Å²) in [6, 6.07) is 25.6. The van der Waals surface area contributed by atoms with Gasteiger partial charge >= 0.3 is 5.97 Å². The van der Waals surface area contributed by atoms with Crippen LogP contribution in [0, 0.1) is 0 Å². The molecule has 29 heavy (non-hydrogen) atoms. The summed E-state index contributed by atoms with van der Waals surface area (Å²) in [5, 5.41) is 0. The molecule has 0 spiro atoms. The van der Waals surface area contributed by atoms with Gasteiger partial charge in [-0.25, -0.2) is 4.39 Å². The number of rotatable bonds is 3. The Labute approximate surface area is 169 Å². The maximum atomic E-state index is 15.0. The average molecular weight is 387 g/mol. The van der Waals surface area contributed by atoms with Crippen molar-refractivity contribution in [3.63, 3.8) is 0 Å². The lowest BCUT2D eigenvalue weighted by molar-refractivity contribution is -0.149. The molecule has 0 bridgehead atoms. The number of likely N-dealkylation sites (tertiary alicyclic amines) is 1. The lowest BCUT2D eigenvalue weighted by Gasteiger charge is -2.43. The number of hydrogen-bond donors (Lipinski definition) is 0. The molecular formula is C25H22FNO2. The molecule has 0 aromatic heterocycles. The molecule has 3 aromatic rings. The molecular weight excluding hydrogens is 365 g/mol. The lowest BCUT2D eigenvalue weighted by Crippen LogP contribution is -2.53. The SMILES string of the molecule is COC(=O)[C@@H]1[C@H](F)CCN1C1(c2ccccc2)c2ccccc2-c2ccccc21. The Balaban J connectivity index is 1.86. The Bertz CT molecular complexity index is 1020. The third kappa shape index (κ3) is 2.42. The summed E-state index contributed by atoms with van der Waals surface area (Å²) >= 11 is 0. The van der Waals surface area contributed by atoms with Crippen molar-refractivity contribution in [2.75, 3.05) is 13.7 Å². The number of methoxy groups -OCH3 is 1. The average Bonchev–Trinajstić information content (AvgIpc) is 3.30. The number of esters is 1. The highest BCUT2D eigenvalue weighted by Crippen LogP contribution is 2.56. The van der Waals surface area contributed by atoms with Gasteiger partial charge in [0, 0.05) is 6.54 Å². The van der Waals surface area contributed by atoms with Crippen molar-refractivity contribution in [1.82, 2.24) is 4.90 Å². The van der Waals surface area contributed by atoms with Crippen molar-refractivity contribution in [3.8, 4) is 11.1 Å². The largest absolute Gasteiger partial charge is 0.468 e. The van der Waals surface area contributed by atoms with Crippen LogP contribution in [0.4, 0.5) is 4.39 Å². The first kappa shape index (κ1) is 18.1. The van der Waals surface area contributed by atoms with Crippen molar-refractivity contribution >= 4 is 5.97 Å². The van der Waals surface area contributed by atoms with E-state index in [2.05, 4.69) is 36.4 Å². The molecule has 1 heterocycles. The fraction of sp³-hybridized carbons (Fsp3) is 0.240. The number of fused-ring (bicyclic) bond motifs is 3. The van der Waals surface area contributed by atoms with Crippen LogP contribution in [0.25, 0.3) is 11.1 Å². The molecule has 2 atom stereocenters. The molecule has 0 saturated carbocycles. The molecule has 0 unspecified atom stereocenters. The van der Waals surface area contributed by atoms with Gasteiger partial charge in [0.25, 0.3) is 0 Å². The predicted molar refractivity (Wildman–Crippen MR) is 110 cm³/mol. The van der Waals surface area contributed by atoms with Crippen LogP contribution >= 0.6 is 0 Å². The fourth-order valence-electron chi connectivity index (χ4n) is 5.20. The van der Waals surface area contributed by atoms with Gasteiger partial charge < -0.3 is 4.74 Å². The van der Waals surface area contributed by atoms with E-state index in [0.717, 1.165) is 27.8 Å². The molecule has 3 aromatic carbocycles. The van der Waals surface area contributed by atoms with Gasteiger partial charge in [0.2, 0.25) is 0 Å². The van der Waals surface area contributed by atoms with Crippen molar-refractivity contribution < 1.29 is 13.9 Å². The molecule has 0 amide bonds. The number of carbonyl (C=O) groups excluding carboxylic acids is 1. The van der Waals surface area contributed by atoms with E-state index < -0.39 is 23.7 Å². The van der Waals surface area contributed by atoms with Gasteiger partial charge in [0.05, 0.1) is 12.6 Å². The van der Waals surface area contributed by atoms with Gasteiger partial charge in [-0.1, -0.05) is 78.9 Å². The van der Waals surface area contributed by atoms with Crippen LogP contribution in [0.3, 0.4) is 0 Å². The number of halogens is 1. The summed E-state index contributed by atoms with van der Waals surface area (Å²) in [4.78, 5) is 14.7. The van der Waals surface area contributed by atoms with E-state index in [9.17, 15) is 4.79 Å². The summed E-state index contributed by atoms with van der Waals surface area (Å²) in [5.74, 6) is -0.521. The zero-order valence-electron chi connectivity index (χ0n) is 16.2. The van der Waals surface area contributed by atoms with Gasteiger partial charge in [0.15, 0.2) is 0 Å². The number of alkyl halides is 1. The van der Waals surface area contributed by atoms with E-state index in [1.54, 1.807) is 0 Å². The van der Waals surface area contributed by atoms with Gasteiger partial charge in [-0.15, -0.1) is 0 Å². The maximum absolute atomic E-state index is 15.0. The lowest BCUT2D eigenvalue weighted by atomic mass is 9.78. The Morgan fingerprint density at radius 2 is 1.48 bits per heavy atom. The Morgan fingerprint density at radius 1 is 0.931 bits per heavy atom. The molecule has 146 valence electrons. The van der Waals surface area contributed by atoms with Gasteiger partial charge in [-0.2, -0.15) is 0 Å². The molecule has 1 saturated heterocycles. The molecule has 1 aliphatic heterocycles. The van der Waals surface area contributed by atoms with Crippen LogP contribution in [0.15, 0.2) is 78.9 Å². The number of hydrogen-bond acceptors (Lipinski definition) is 3. The summed E-state index contributed by atoms with van der Waals surface area (Å²) in [5.41, 5.74) is 4.69. The minimum absolute atomic E-state index is 0.304. The summed E-state index contributed by atoms with van der Waals surface area (Å²) in [6.07, 6.45) is -0.957. The number of ether oxygens (including phenoxy) is 1. The highest BCUT2D eigenvalue weighted by molar-refractivity contribution is 5.84. The van der Waals surface area contributed by atoms with Gasteiger partial charge in [0.1, 0.15) is 12.2 Å². The van der Waals surface area contributed by atoms with E-state index in [1.807, 2.05) is 47.4 Å². The number of nitrogens with zero attached hydrogens (tertiary/aromatic N) is 1. The van der Waals surface area contributed by atoms with Crippen LogP contribution in [-0.2, 0) is 15.1 Å². The van der Waals surface area contributed by atoms with Crippen LogP contribution in [0.1, 0.15) is 23.1 Å². The molecule has 4 heteroatoms. The smallest absolute Gasteiger partial charge is 0.326 e. The van der Waals surface area contributed by atoms with Gasteiger partial charge in [-0.3, -0.25) is 9.69 Å². The molecule has 1 fully saturated rings.